The summed E-state index contributed by atoms with van der Waals surface area (Å²) in [5.41, 5.74) is 1.52. The van der Waals surface area contributed by atoms with Gasteiger partial charge in [0.2, 0.25) is 0 Å². The molecule has 2 aliphatic rings. The molecule has 2 saturated heterocycles. The van der Waals surface area contributed by atoms with Crippen LogP contribution in [-0.4, -0.2) is 77.4 Å². The molecule has 0 radical (unpaired) electrons. The molecular formula is C23H37BN4O4. The Labute approximate surface area is 192 Å². The maximum absolute atomic E-state index is 12.4. The number of piperazine rings is 1. The third-order valence-corrected chi connectivity index (χ3v) is 6.31. The first kappa shape index (κ1) is 24.4. The molecule has 3 heterocycles. The normalized spacial score (nSPS) is 21.1. The Morgan fingerprint density at radius 1 is 1.12 bits per heavy atom. The van der Waals surface area contributed by atoms with E-state index < -0.39 is 23.9 Å². The van der Waals surface area contributed by atoms with E-state index in [2.05, 4.69) is 22.8 Å². The number of nitrogens with zero attached hydrogens (tertiary/aromatic N) is 4. The summed E-state index contributed by atoms with van der Waals surface area (Å²) in [7, 11) is -0.469. The number of amides is 1. The zero-order valence-electron chi connectivity index (χ0n) is 20.8. The van der Waals surface area contributed by atoms with Gasteiger partial charge in [0.1, 0.15) is 5.60 Å². The molecule has 176 valence electrons. The summed E-state index contributed by atoms with van der Waals surface area (Å²) in [6, 6.07) is 2.05. The lowest BCUT2D eigenvalue weighted by molar-refractivity contribution is 0.00578. The molecule has 0 N–H and O–H groups in total. The molecule has 0 bridgehead atoms. The van der Waals surface area contributed by atoms with Crippen molar-refractivity contribution in [3.05, 3.63) is 24.0 Å². The second-order valence-electron chi connectivity index (χ2n) is 10.4. The number of hydrogen-bond acceptors (Lipinski definition) is 6. The van der Waals surface area contributed by atoms with Gasteiger partial charge in [0.25, 0.3) is 0 Å². The van der Waals surface area contributed by atoms with Crippen molar-refractivity contribution in [2.75, 3.05) is 26.2 Å². The molecule has 0 saturated carbocycles. The minimum Gasteiger partial charge on any atom is -0.444 e. The molecule has 9 heteroatoms. The van der Waals surface area contributed by atoms with Crippen LogP contribution in [0.25, 0.3) is 5.70 Å². The van der Waals surface area contributed by atoms with Gasteiger partial charge in [-0.15, -0.1) is 0 Å². The highest BCUT2D eigenvalue weighted by Crippen LogP contribution is 2.36. The molecule has 1 aromatic rings. The number of rotatable bonds is 4. The quantitative estimate of drug-likeness (QED) is 0.527. The summed E-state index contributed by atoms with van der Waals surface area (Å²) in [6.07, 6.45) is 3.71. The average Bonchev–Trinajstić information content (AvgIpc) is 3.19. The minimum atomic E-state index is -0.497. The van der Waals surface area contributed by atoms with Gasteiger partial charge >= 0.3 is 13.2 Å². The van der Waals surface area contributed by atoms with Crippen molar-refractivity contribution >= 4 is 31.1 Å². The summed E-state index contributed by atoms with van der Waals surface area (Å²) in [6.45, 7) is 22.1. The summed E-state index contributed by atoms with van der Waals surface area (Å²) in [4.78, 5) is 16.4. The highest BCUT2D eigenvalue weighted by molar-refractivity contribution is 6.62. The number of carbonyl (C=O) groups is 1. The fourth-order valence-corrected chi connectivity index (χ4v) is 3.84. The first-order valence-corrected chi connectivity index (χ1v) is 11.2. The molecule has 8 nitrogen and oxygen atoms in total. The van der Waals surface area contributed by atoms with Gasteiger partial charge in [0.05, 0.1) is 22.6 Å². The topological polar surface area (TPSA) is 68.5 Å². The van der Waals surface area contributed by atoms with Crippen LogP contribution in [0.2, 0.25) is 0 Å². The first-order chi connectivity index (χ1) is 14.8. The predicted octanol–water partition coefficient (Wildman–Crippen LogP) is 3.16. The van der Waals surface area contributed by atoms with Crippen LogP contribution in [-0.2, 0) is 14.0 Å². The van der Waals surface area contributed by atoms with E-state index in [-0.39, 0.29) is 6.09 Å². The van der Waals surface area contributed by atoms with Crippen molar-refractivity contribution in [2.24, 2.45) is 5.10 Å². The molecule has 0 unspecified atom stereocenters. The van der Waals surface area contributed by atoms with Crippen molar-refractivity contribution in [3.8, 4) is 0 Å². The van der Waals surface area contributed by atoms with Crippen molar-refractivity contribution < 1.29 is 18.8 Å². The Morgan fingerprint density at radius 3 is 2.12 bits per heavy atom. The number of allylic oxidation sites excluding steroid dienone is 1. The Morgan fingerprint density at radius 2 is 1.66 bits per heavy atom. The number of hydrogen-bond donors (Lipinski definition) is 0. The molecular weight excluding hydrogens is 407 g/mol. The second-order valence-corrected chi connectivity index (χ2v) is 10.4. The standard InChI is InChI=1S/C23H37BN4O4/c1-10-18(26-11-13-27(14-12-26)20(29)30-21(2,3)4)19-15-17(16-28(19)25-9)24-31-22(5,6)23(7,8)32-24/h10,15-16H,9,11-14H2,1-8H3/b18-10+. The molecule has 3 rings (SSSR count). The monoisotopic (exact) mass is 444 g/mol. The van der Waals surface area contributed by atoms with Gasteiger partial charge in [-0.2, -0.15) is 5.10 Å². The smallest absolute Gasteiger partial charge is 0.444 e. The molecule has 1 amide bonds. The van der Waals surface area contributed by atoms with Crippen LogP contribution in [0.3, 0.4) is 0 Å². The van der Waals surface area contributed by atoms with Crippen LogP contribution < -0.4 is 5.46 Å². The van der Waals surface area contributed by atoms with E-state index in [1.165, 1.54) is 0 Å². The van der Waals surface area contributed by atoms with E-state index in [4.69, 9.17) is 14.0 Å². The Balaban J connectivity index is 1.75. The molecule has 2 aliphatic heterocycles. The van der Waals surface area contributed by atoms with E-state index in [0.717, 1.165) is 16.9 Å². The van der Waals surface area contributed by atoms with E-state index in [9.17, 15) is 4.79 Å². The van der Waals surface area contributed by atoms with Gasteiger partial charge in [0.15, 0.2) is 0 Å². The lowest BCUT2D eigenvalue weighted by atomic mass is 9.81. The Bertz CT molecular complexity index is 876. The predicted molar refractivity (Wildman–Crippen MR) is 128 cm³/mol. The lowest BCUT2D eigenvalue weighted by Crippen LogP contribution is -2.49. The number of aromatic nitrogens is 1. The Kier molecular flexibility index (Phi) is 6.55. The van der Waals surface area contributed by atoms with Crippen LogP contribution in [0.5, 0.6) is 0 Å². The molecule has 32 heavy (non-hydrogen) atoms. The second kappa shape index (κ2) is 8.59. The zero-order chi connectivity index (χ0) is 23.9. The zero-order valence-corrected chi connectivity index (χ0v) is 20.8. The fourth-order valence-electron chi connectivity index (χ4n) is 3.84. The van der Waals surface area contributed by atoms with Crippen LogP contribution in [0.4, 0.5) is 4.79 Å². The minimum absolute atomic E-state index is 0.265. The third kappa shape index (κ3) is 4.88. The van der Waals surface area contributed by atoms with E-state index in [1.54, 1.807) is 9.58 Å². The van der Waals surface area contributed by atoms with Gasteiger partial charge in [-0.05, 0) is 61.5 Å². The van der Waals surface area contributed by atoms with Crippen molar-refractivity contribution in [1.29, 1.82) is 0 Å². The van der Waals surface area contributed by atoms with Crippen LogP contribution in [0, 0.1) is 0 Å². The largest absolute Gasteiger partial charge is 0.496 e. The summed E-state index contributed by atoms with van der Waals surface area (Å²) in [5.74, 6) is 0. The molecule has 0 aromatic carbocycles. The summed E-state index contributed by atoms with van der Waals surface area (Å²) in [5, 5.41) is 4.19. The number of ether oxygens (including phenoxy) is 1. The molecule has 0 spiro atoms. The van der Waals surface area contributed by atoms with Gasteiger partial charge < -0.3 is 23.8 Å². The van der Waals surface area contributed by atoms with Crippen LogP contribution in [0.1, 0.15) is 61.1 Å². The van der Waals surface area contributed by atoms with Gasteiger partial charge in [0, 0.05) is 44.6 Å². The maximum atomic E-state index is 12.4. The van der Waals surface area contributed by atoms with E-state index in [0.29, 0.717) is 26.2 Å². The van der Waals surface area contributed by atoms with Crippen molar-refractivity contribution in [3.63, 3.8) is 0 Å². The van der Waals surface area contributed by atoms with E-state index in [1.807, 2.05) is 67.7 Å². The summed E-state index contributed by atoms with van der Waals surface area (Å²) < 4.78 is 19.7. The highest BCUT2D eigenvalue weighted by Gasteiger charge is 2.52. The van der Waals surface area contributed by atoms with E-state index >= 15 is 0 Å². The van der Waals surface area contributed by atoms with Gasteiger partial charge in [-0.3, -0.25) is 0 Å². The first-order valence-electron chi connectivity index (χ1n) is 11.2. The van der Waals surface area contributed by atoms with Gasteiger partial charge in [-0.25, -0.2) is 9.47 Å². The lowest BCUT2D eigenvalue weighted by Gasteiger charge is -2.37. The third-order valence-electron chi connectivity index (χ3n) is 6.31. The SMILES string of the molecule is C=Nn1cc(B2OC(C)(C)C(C)(C)O2)cc1/C(=C\C)N1CCN(C(=O)OC(C)(C)C)CC1. The Hall–Kier alpha value is -2.26. The average molecular weight is 444 g/mol. The summed E-state index contributed by atoms with van der Waals surface area (Å²) >= 11 is 0. The van der Waals surface area contributed by atoms with Crippen molar-refractivity contribution in [1.82, 2.24) is 14.5 Å². The highest BCUT2D eigenvalue weighted by atomic mass is 16.7. The molecule has 0 atom stereocenters. The fraction of sp³-hybridized carbons (Fsp3) is 0.652. The molecule has 2 fully saturated rings. The van der Waals surface area contributed by atoms with Crippen LogP contribution in [0.15, 0.2) is 23.4 Å². The molecule has 0 aliphatic carbocycles. The number of carbonyl (C=O) groups excluding carboxylic acids is 1. The maximum Gasteiger partial charge on any atom is 0.496 e. The molecule has 1 aromatic heterocycles. The van der Waals surface area contributed by atoms with Crippen molar-refractivity contribution in [2.45, 2.75) is 72.2 Å². The van der Waals surface area contributed by atoms with Crippen LogP contribution >= 0.6 is 0 Å². The van der Waals surface area contributed by atoms with Gasteiger partial charge in [-0.1, -0.05) is 6.08 Å².